The number of phosphoric acid groups is 4. The minimum Gasteiger partial charge on any atom is -0.780 e. The third-order valence-electron chi connectivity index (χ3n) is 1.85. The summed E-state index contributed by atoms with van der Waals surface area (Å²) in [5, 5.41) is 0. The Kier molecular flexibility index (Phi) is 44.9. The van der Waals surface area contributed by atoms with Crippen molar-refractivity contribution in [3.63, 3.8) is 0 Å². The molecule has 0 N–H and O–H groups in total. The van der Waals surface area contributed by atoms with E-state index in [2.05, 4.69) is 18.1 Å². The van der Waals surface area contributed by atoms with E-state index in [1.165, 1.54) is 0 Å². The Morgan fingerprint density at radius 3 is 0.588 bits per heavy atom. The zero-order valence-electron chi connectivity index (χ0n) is 19.5. The number of hydrogen-bond acceptors (Lipinski definition) is 16. The summed E-state index contributed by atoms with van der Waals surface area (Å²) < 4.78 is 57.2. The van der Waals surface area contributed by atoms with Crippen molar-refractivity contribution in [2.24, 2.45) is 0 Å². The first-order chi connectivity index (χ1) is 11.3. The van der Waals surface area contributed by atoms with Gasteiger partial charge in [-0.15, -0.1) is 0 Å². The second kappa shape index (κ2) is 25.4. The molecule has 16 nitrogen and oxygen atoms in total. The SMILES string of the molecule is O=P([O-])([O-])Oc1cc(OP(=O)([O-])[O-])c(OP(=O)([O-])[O-])cc1OP(=O)([O-])[O-].[Na+].[Na+].[Na+].[Na+].[Na+].[Na+].[Na+].[Na+]. The van der Waals surface area contributed by atoms with Crippen LogP contribution in [0.5, 0.6) is 23.0 Å². The predicted molar refractivity (Wildman–Crippen MR) is 59.4 cm³/mol. The molecule has 150 valence electrons. The topological polar surface area (TPSA) is 290 Å². The van der Waals surface area contributed by atoms with Crippen LogP contribution in [0.2, 0.25) is 0 Å². The molecule has 1 aromatic carbocycles. The van der Waals surface area contributed by atoms with Crippen LogP contribution in [0.1, 0.15) is 0 Å². The molecule has 0 heterocycles. The molecule has 0 aliphatic rings. The molecule has 0 spiro atoms. The van der Waals surface area contributed by atoms with Gasteiger partial charge in [0.05, 0.1) is 0 Å². The van der Waals surface area contributed by atoms with Gasteiger partial charge in [-0.25, -0.2) is 0 Å². The van der Waals surface area contributed by atoms with Gasteiger partial charge in [-0.3, -0.25) is 0 Å². The van der Waals surface area contributed by atoms with Gasteiger partial charge < -0.3 is 75.5 Å². The Balaban J connectivity index is -0.000000141. The maximum atomic E-state index is 10.6. The van der Waals surface area contributed by atoms with Crippen LogP contribution >= 0.6 is 31.3 Å². The summed E-state index contributed by atoms with van der Waals surface area (Å²) in [5.41, 5.74) is 0. The molecule has 0 fully saturated rings. The Labute approximate surface area is 370 Å². The van der Waals surface area contributed by atoms with Crippen molar-refractivity contribution in [3.05, 3.63) is 12.1 Å². The number of hydrogen-bond donors (Lipinski definition) is 0. The first kappa shape index (κ1) is 60.3. The number of rotatable bonds is 8. The van der Waals surface area contributed by atoms with Crippen molar-refractivity contribution in [1.82, 2.24) is 0 Å². The second-order valence-electron chi connectivity index (χ2n) is 3.90. The van der Waals surface area contributed by atoms with Gasteiger partial charge in [0, 0.05) is 12.1 Å². The first-order valence-electron chi connectivity index (χ1n) is 5.39. The summed E-state index contributed by atoms with van der Waals surface area (Å²) in [4.78, 5) is 84.8. The van der Waals surface area contributed by atoms with Gasteiger partial charge in [-0.2, -0.15) is 0 Å². The molecule has 0 bridgehead atoms. The monoisotopic (exact) mass is 638 g/mol. The molecular formula is C6H2Na8O16P4. The van der Waals surface area contributed by atoms with Crippen LogP contribution in [0.4, 0.5) is 0 Å². The van der Waals surface area contributed by atoms with E-state index in [1.54, 1.807) is 0 Å². The van der Waals surface area contributed by atoms with Gasteiger partial charge in [0.2, 0.25) is 0 Å². The van der Waals surface area contributed by atoms with Crippen LogP contribution in [-0.2, 0) is 18.3 Å². The van der Waals surface area contributed by atoms with Crippen LogP contribution in [0.15, 0.2) is 12.1 Å². The fourth-order valence-corrected chi connectivity index (χ4v) is 2.82. The van der Waals surface area contributed by atoms with Gasteiger partial charge in [-0.05, 0) is 0 Å². The van der Waals surface area contributed by atoms with Crippen molar-refractivity contribution in [3.8, 4) is 23.0 Å². The molecule has 28 heteroatoms. The maximum absolute atomic E-state index is 10.6. The molecule has 0 unspecified atom stereocenters. The predicted octanol–water partition coefficient (Wildman–Crippen LogP) is -29.5. The molecular weight excluding hydrogens is 636 g/mol. The summed E-state index contributed by atoms with van der Waals surface area (Å²) in [6.07, 6.45) is 0. The van der Waals surface area contributed by atoms with Crippen molar-refractivity contribution >= 4 is 31.3 Å². The Hall–Kier alpha value is 7.02. The number of benzene rings is 1. The molecule has 0 aromatic heterocycles. The van der Waals surface area contributed by atoms with E-state index in [-0.39, 0.29) is 249 Å². The molecule has 0 saturated heterocycles. The summed E-state index contributed by atoms with van der Waals surface area (Å²) in [5.74, 6) is -6.03. The van der Waals surface area contributed by atoms with Crippen LogP contribution in [0.3, 0.4) is 0 Å². The van der Waals surface area contributed by atoms with E-state index in [4.69, 9.17) is 0 Å². The molecule has 0 radical (unpaired) electrons. The molecule has 0 aliphatic carbocycles. The molecule has 0 atom stereocenters. The average molecular weight is 638 g/mol. The average Bonchev–Trinajstić information content (AvgIpc) is 2.26. The molecule has 0 amide bonds. The van der Waals surface area contributed by atoms with Crippen molar-refractivity contribution in [2.75, 3.05) is 0 Å². The van der Waals surface area contributed by atoms with Gasteiger partial charge in [-0.1, -0.05) is 0 Å². The molecule has 1 aromatic rings. The summed E-state index contributed by atoms with van der Waals surface area (Å²) in [6, 6.07) is -0.137. The zero-order valence-corrected chi connectivity index (χ0v) is 39.1. The van der Waals surface area contributed by atoms with Crippen LogP contribution in [-0.4, -0.2) is 0 Å². The quantitative estimate of drug-likeness (QED) is 0.189. The third kappa shape index (κ3) is 30.5. The Morgan fingerprint density at radius 2 is 0.500 bits per heavy atom. The van der Waals surface area contributed by atoms with Gasteiger partial charge in [0.15, 0.2) is 23.0 Å². The van der Waals surface area contributed by atoms with E-state index in [0.29, 0.717) is 0 Å². The smallest absolute Gasteiger partial charge is 0.780 e. The minimum absolute atomic E-state index is 0. The maximum Gasteiger partial charge on any atom is 1.00 e. The Bertz CT molecular complexity index is 740. The van der Waals surface area contributed by atoms with Gasteiger partial charge in [0.1, 0.15) is 31.3 Å². The van der Waals surface area contributed by atoms with Gasteiger partial charge in [0.25, 0.3) is 0 Å². The summed E-state index contributed by atoms with van der Waals surface area (Å²) >= 11 is 0. The van der Waals surface area contributed by atoms with E-state index in [0.717, 1.165) is 0 Å². The molecule has 34 heavy (non-hydrogen) atoms. The first-order valence-corrected chi connectivity index (χ1v) is 11.2. The molecule has 1 rings (SSSR count). The van der Waals surface area contributed by atoms with E-state index < -0.39 is 54.3 Å². The van der Waals surface area contributed by atoms with E-state index >= 15 is 0 Å². The van der Waals surface area contributed by atoms with Crippen LogP contribution < -0.4 is 294 Å². The summed E-state index contributed by atoms with van der Waals surface area (Å²) in [6.45, 7) is 0. The normalized spacial score (nSPS) is 10.1. The number of phosphoric ester groups is 4. The van der Waals surface area contributed by atoms with Crippen molar-refractivity contribution in [2.45, 2.75) is 0 Å². The van der Waals surface area contributed by atoms with Gasteiger partial charge >= 0.3 is 236 Å². The standard InChI is InChI=1S/C6H10O16P4.8Na/c7-23(8,9)19-3-1-4(20-24(10,11)12)6(22-26(16,17)18)2-5(3)21-25(13,14)15;;;;;;;;/h1-2H,(H2,7,8,9)(H2,10,11,12)(H2,13,14,15)(H2,16,17,18);;;;;;;;/q;8*+1/p-8. The van der Waals surface area contributed by atoms with Crippen LogP contribution in [0.25, 0.3) is 0 Å². The van der Waals surface area contributed by atoms with E-state index in [9.17, 15) is 57.4 Å². The minimum atomic E-state index is -5.98. The second-order valence-corrected chi connectivity index (χ2v) is 8.21. The van der Waals surface area contributed by atoms with Crippen LogP contribution in [0, 0.1) is 0 Å². The zero-order chi connectivity index (χ0) is 20.6. The fraction of sp³-hybridized carbons (Fsp3) is 0. The largest absolute Gasteiger partial charge is 1.00 e. The summed E-state index contributed by atoms with van der Waals surface area (Å²) in [7, 11) is -23.9. The van der Waals surface area contributed by atoms with Crippen molar-refractivity contribution in [1.29, 1.82) is 0 Å². The Morgan fingerprint density at radius 1 is 0.382 bits per heavy atom. The molecule has 0 aliphatic heterocycles. The molecule has 0 saturated carbocycles. The third-order valence-corrected chi connectivity index (χ3v) is 3.53. The fourth-order valence-electron chi connectivity index (χ4n) is 1.29. The van der Waals surface area contributed by atoms with E-state index in [1.807, 2.05) is 0 Å². The van der Waals surface area contributed by atoms with Crippen molar-refractivity contribution < 1.29 is 312 Å².